The van der Waals surface area contributed by atoms with Crippen LogP contribution in [0.25, 0.3) is 0 Å². The maximum Gasteiger partial charge on any atom is 0.208 e. The van der Waals surface area contributed by atoms with E-state index in [-0.39, 0.29) is 0 Å². The van der Waals surface area contributed by atoms with Gasteiger partial charge in [0.1, 0.15) is 11.5 Å². The molecule has 4 heteroatoms. The molecule has 0 atom stereocenters. The second-order valence-corrected chi connectivity index (χ2v) is 5.34. The van der Waals surface area contributed by atoms with Crippen LogP contribution in [0, 0.1) is 13.8 Å². The molecule has 0 spiro atoms. The molecule has 20 heavy (non-hydrogen) atoms. The molecule has 0 unspecified atom stereocenters. The number of oxazole rings is 1. The summed E-state index contributed by atoms with van der Waals surface area (Å²) in [6.07, 6.45) is 1.07. The van der Waals surface area contributed by atoms with E-state index in [1.165, 1.54) is 11.1 Å². The highest BCUT2D eigenvalue weighted by Gasteiger charge is 2.19. The van der Waals surface area contributed by atoms with Gasteiger partial charge in [-0.05, 0) is 43.5 Å². The average molecular weight is 272 g/mol. The highest BCUT2D eigenvalue weighted by Crippen LogP contribution is 2.24. The van der Waals surface area contributed by atoms with Crippen LogP contribution in [0.2, 0.25) is 0 Å². The fraction of sp³-hybridized carbons (Fsp3) is 0.438. The van der Waals surface area contributed by atoms with Gasteiger partial charge in [0.25, 0.3) is 0 Å². The maximum absolute atomic E-state index is 5.67. The molecule has 2 heterocycles. The standard InChI is InChI=1S/C16H20N2O2/c1-11-12(2)20-16(17-11)10-18-7-6-13-4-5-15(19-3)8-14(13)9-18/h4-5,8H,6-7,9-10H2,1-3H3. The fourth-order valence-corrected chi connectivity index (χ4v) is 2.65. The summed E-state index contributed by atoms with van der Waals surface area (Å²) in [5.74, 6) is 2.65. The van der Waals surface area contributed by atoms with Crippen molar-refractivity contribution in [1.82, 2.24) is 9.88 Å². The Kier molecular flexibility index (Phi) is 3.49. The van der Waals surface area contributed by atoms with Crippen molar-refractivity contribution in [3.8, 4) is 5.75 Å². The zero-order valence-corrected chi connectivity index (χ0v) is 12.3. The van der Waals surface area contributed by atoms with Gasteiger partial charge in [-0.15, -0.1) is 0 Å². The van der Waals surface area contributed by atoms with Crippen molar-refractivity contribution < 1.29 is 9.15 Å². The molecule has 1 aromatic heterocycles. The van der Waals surface area contributed by atoms with Gasteiger partial charge in [0.05, 0.1) is 19.3 Å². The zero-order chi connectivity index (χ0) is 14.1. The highest BCUT2D eigenvalue weighted by molar-refractivity contribution is 5.37. The molecule has 106 valence electrons. The lowest BCUT2D eigenvalue weighted by molar-refractivity contribution is 0.219. The predicted molar refractivity (Wildman–Crippen MR) is 76.8 cm³/mol. The third-order valence-corrected chi connectivity index (χ3v) is 3.94. The van der Waals surface area contributed by atoms with Crippen LogP contribution in [0.3, 0.4) is 0 Å². The quantitative estimate of drug-likeness (QED) is 0.861. The monoisotopic (exact) mass is 272 g/mol. The molecule has 2 aromatic rings. The normalized spacial score (nSPS) is 15.2. The van der Waals surface area contributed by atoms with Crippen molar-refractivity contribution in [2.45, 2.75) is 33.4 Å². The summed E-state index contributed by atoms with van der Waals surface area (Å²) >= 11 is 0. The van der Waals surface area contributed by atoms with E-state index in [0.29, 0.717) is 0 Å². The summed E-state index contributed by atoms with van der Waals surface area (Å²) in [6, 6.07) is 6.34. The first-order chi connectivity index (χ1) is 9.65. The first-order valence-electron chi connectivity index (χ1n) is 6.97. The van der Waals surface area contributed by atoms with E-state index in [1.54, 1.807) is 7.11 Å². The maximum atomic E-state index is 5.67. The Morgan fingerprint density at radius 1 is 1.30 bits per heavy atom. The number of fused-ring (bicyclic) bond motifs is 1. The van der Waals surface area contributed by atoms with Gasteiger partial charge in [-0.1, -0.05) is 6.07 Å². The Hall–Kier alpha value is -1.81. The molecule has 0 radical (unpaired) electrons. The topological polar surface area (TPSA) is 38.5 Å². The smallest absolute Gasteiger partial charge is 0.208 e. The van der Waals surface area contributed by atoms with E-state index in [4.69, 9.17) is 9.15 Å². The van der Waals surface area contributed by atoms with Crippen LogP contribution in [0.1, 0.15) is 28.5 Å². The molecule has 1 aliphatic rings. The van der Waals surface area contributed by atoms with Crippen LogP contribution in [0.5, 0.6) is 5.75 Å². The van der Waals surface area contributed by atoms with Crippen LogP contribution in [0.4, 0.5) is 0 Å². The number of nitrogens with zero attached hydrogens (tertiary/aromatic N) is 2. The molecule has 0 saturated carbocycles. The Balaban J connectivity index is 1.74. The van der Waals surface area contributed by atoms with Crippen LogP contribution in [0.15, 0.2) is 22.6 Å². The fourth-order valence-electron chi connectivity index (χ4n) is 2.65. The summed E-state index contributed by atoms with van der Waals surface area (Å²) in [6.45, 7) is 6.68. The number of aryl methyl sites for hydroxylation is 2. The third kappa shape index (κ3) is 2.56. The molecule has 0 saturated heterocycles. The Bertz CT molecular complexity index is 599. The van der Waals surface area contributed by atoms with Gasteiger partial charge in [0, 0.05) is 13.1 Å². The van der Waals surface area contributed by atoms with Gasteiger partial charge in [-0.3, -0.25) is 4.90 Å². The third-order valence-electron chi connectivity index (χ3n) is 3.94. The predicted octanol–water partition coefficient (Wildman–Crippen LogP) is 2.86. The molecule has 0 N–H and O–H groups in total. The minimum absolute atomic E-state index is 0.769. The van der Waals surface area contributed by atoms with Crippen LogP contribution in [-0.2, 0) is 19.5 Å². The van der Waals surface area contributed by atoms with Crippen LogP contribution < -0.4 is 4.74 Å². The van der Waals surface area contributed by atoms with Crippen molar-refractivity contribution in [2.75, 3.05) is 13.7 Å². The number of hydrogen-bond donors (Lipinski definition) is 0. The van der Waals surface area contributed by atoms with E-state index in [2.05, 4.69) is 22.0 Å². The van der Waals surface area contributed by atoms with Gasteiger partial charge in [0.2, 0.25) is 5.89 Å². The van der Waals surface area contributed by atoms with Crippen LogP contribution >= 0.6 is 0 Å². The first-order valence-corrected chi connectivity index (χ1v) is 6.97. The highest BCUT2D eigenvalue weighted by atomic mass is 16.5. The summed E-state index contributed by atoms with van der Waals surface area (Å²) in [5, 5.41) is 0. The van der Waals surface area contributed by atoms with Gasteiger partial charge in [-0.25, -0.2) is 4.98 Å². The molecule has 3 rings (SSSR count). The number of benzene rings is 1. The molecule has 1 aromatic carbocycles. The molecular formula is C16H20N2O2. The number of methoxy groups -OCH3 is 1. The van der Waals surface area contributed by atoms with Gasteiger partial charge < -0.3 is 9.15 Å². The van der Waals surface area contributed by atoms with E-state index in [0.717, 1.165) is 49.1 Å². The van der Waals surface area contributed by atoms with Crippen molar-refractivity contribution >= 4 is 0 Å². The second-order valence-electron chi connectivity index (χ2n) is 5.34. The van der Waals surface area contributed by atoms with E-state index in [1.807, 2.05) is 19.9 Å². The number of rotatable bonds is 3. The average Bonchev–Trinajstić information content (AvgIpc) is 2.76. The summed E-state index contributed by atoms with van der Waals surface area (Å²) in [7, 11) is 1.71. The number of aromatic nitrogens is 1. The second kappa shape index (κ2) is 5.29. The molecule has 0 aliphatic carbocycles. The molecular weight excluding hydrogens is 252 g/mol. The van der Waals surface area contributed by atoms with E-state index < -0.39 is 0 Å². The lowest BCUT2D eigenvalue weighted by Gasteiger charge is -2.27. The zero-order valence-electron chi connectivity index (χ0n) is 12.3. The molecule has 4 nitrogen and oxygen atoms in total. The summed E-state index contributed by atoms with van der Waals surface area (Å²) in [4.78, 5) is 6.83. The molecule has 0 amide bonds. The summed E-state index contributed by atoms with van der Waals surface area (Å²) < 4.78 is 11.0. The minimum Gasteiger partial charge on any atom is -0.497 e. The first kappa shape index (κ1) is 13.2. The summed E-state index contributed by atoms with van der Waals surface area (Å²) in [5.41, 5.74) is 3.75. The molecule has 0 bridgehead atoms. The van der Waals surface area contributed by atoms with E-state index >= 15 is 0 Å². The molecule has 0 fully saturated rings. The number of ether oxygens (including phenoxy) is 1. The largest absolute Gasteiger partial charge is 0.497 e. The Morgan fingerprint density at radius 2 is 2.15 bits per heavy atom. The SMILES string of the molecule is COc1ccc2c(c1)CN(Cc1nc(C)c(C)o1)CC2. The lowest BCUT2D eigenvalue weighted by Crippen LogP contribution is -2.30. The van der Waals surface area contributed by atoms with Gasteiger partial charge in [-0.2, -0.15) is 0 Å². The van der Waals surface area contributed by atoms with Crippen molar-refractivity contribution in [3.05, 3.63) is 46.7 Å². The van der Waals surface area contributed by atoms with Crippen LogP contribution in [-0.4, -0.2) is 23.5 Å². The molecule has 1 aliphatic heterocycles. The Labute approximate surface area is 119 Å². The minimum atomic E-state index is 0.769. The van der Waals surface area contributed by atoms with Crippen molar-refractivity contribution in [2.24, 2.45) is 0 Å². The van der Waals surface area contributed by atoms with Crippen molar-refractivity contribution in [3.63, 3.8) is 0 Å². The van der Waals surface area contributed by atoms with E-state index in [9.17, 15) is 0 Å². The van der Waals surface area contributed by atoms with Gasteiger partial charge >= 0.3 is 0 Å². The van der Waals surface area contributed by atoms with Gasteiger partial charge in [0.15, 0.2) is 0 Å². The van der Waals surface area contributed by atoms with Crippen molar-refractivity contribution in [1.29, 1.82) is 0 Å². The number of hydrogen-bond acceptors (Lipinski definition) is 4. The Morgan fingerprint density at radius 3 is 2.85 bits per heavy atom. The lowest BCUT2D eigenvalue weighted by atomic mass is 9.99.